The Bertz CT molecular complexity index is 623. The Hall–Kier alpha value is -2.11. The Morgan fingerprint density at radius 2 is 2.20 bits per heavy atom. The molecule has 1 aliphatic rings. The van der Waals surface area contributed by atoms with Crippen LogP contribution >= 0.6 is 0 Å². The number of carboxylic acids is 1. The lowest BCUT2D eigenvalue weighted by atomic mass is 10.3. The number of imidazole rings is 1. The minimum atomic E-state index is -0.958. The van der Waals surface area contributed by atoms with Crippen molar-refractivity contribution in [3.63, 3.8) is 0 Å². The van der Waals surface area contributed by atoms with E-state index in [1.807, 2.05) is 16.9 Å². The summed E-state index contributed by atoms with van der Waals surface area (Å²) in [6.07, 6.45) is 8.30. The van der Waals surface area contributed by atoms with Crippen LogP contribution in [0.5, 0.6) is 0 Å². The van der Waals surface area contributed by atoms with Crippen LogP contribution in [0, 0.1) is 6.92 Å². The Kier molecular flexibility index (Phi) is 3.30. The fraction of sp³-hybridized carbons (Fsp3) is 0.500. The molecule has 0 bridgehead atoms. The summed E-state index contributed by atoms with van der Waals surface area (Å²) in [5, 5.41) is 13.7. The topological polar surface area (TPSA) is 72.9 Å². The average molecular weight is 274 g/mol. The highest BCUT2D eigenvalue weighted by Gasteiger charge is 2.18. The molecule has 1 aliphatic carbocycles. The van der Waals surface area contributed by atoms with Crippen LogP contribution < -0.4 is 0 Å². The van der Waals surface area contributed by atoms with Crippen LogP contribution in [-0.4, -0.2) is 30.4 Å². The summed E-state index contributed by atoms with van der Waals surface area (Å²) in [5.41, 5.74) is 1.08. The fourth-order valence-electron chi connectivity index (χ4n) is 2.83. The van der Waals surface area contributed by atoms with Crippen LogP contribution in [-0.2, 0) is 6.54 Å². The molecule has 1 N–H and O–H groups in total. The molecule has 3 rings (SSSR count). The normalized spacial score (nSPS) is 15.8. The molecule has 0 spiro atoms. The van der Waals surface area contributed by atoms with Gasteiger partial charge in [-0.05, 0) is 25.8 Å². The number of rotatable bonds is 4. The van der Waals surface area contributed by atoms with Gasteiger partial charge in [0.15, 0.2) is 0 Å². The number of carbonyl (C=O) groups is 1. The maximum Gasteiger partial charge on any atom is 0.354 e. The van der Waals surface area contributed by atoms with Gasteiger partial charge < -0.3 is 9.67 Å². The largest absolute Gasteiger partial charge is 0.477 e. The minimum Gasteiger partial charge on any atom is -0.477 e. The Labute approximate surface area is 117 Å². The molecule has 0 aromatic carbocycles. The lowest BCUT2D eigenvalue weighted by molar-refractivity contribution is 0.0685. The summed E-state index contributed by atoms with van der Waals surface area (Å²) in [7, 11) is 0. The maximum atomic E-state index is 11.2. The fourth-order valence-corrected chi connectivity index (χ4v) is 2.83. The first-order valence-electron chi connectivity index (χ1n) is 6.94. The van der Waals surface area contributed by atoms with E-state index in [1.165, 1.54) is 31.9 Å². The number of carboxylic acid groups (broad SMARTS) is 1. The molecule has 0 radical (unpaired) electrons. The highest BCUT2D eigenvalue weighted by atomic mass is 16.4. The quantitative estimate of drug-likeness (QED) is 0.928. The molecule has 1 saturated carbocycles. The molecular weight excluding hydrogens is 256 g/mol. The van der Waals surface area contributed by atoms with E-state index in [-0.39, 0.29) is 5.69 Å². The van der Waals surface area contributed by atoms with Gasteiger partial charge in [0, 0.05) is 6.20 Å². The second-order valence-electron chi connectivity index (χ2n) is 5.31. The van der Waals surface area contributed by atoms with Crippen LogP contribution in [0.3, 0.4) is 0 Å². The van der Waals surface area contributed by atoms with Crippen molar-refractivity contribution in [1.82, 2.24) is 19.3 Å². The first-order valence-corrected chi connectivity index (χ1v) is 6.94. The number of aryl methyl sites for hydroxylation is 1. The van der Waals surface area contributed by atoms with Gasteiger partial charge in [0.1, 0.15) is 11.5 Å². The monoisotopic (exact) mass is 274 g/mol. The van der Waals surface area contributed by atoms with Gasteiger partial charge >= 0.3 is 5.97 Å². The van der Waals surface area contributed by atoms with Crippen LogP contribution in [0.15, 0.2) is 18.5 Å². The Morgan fingerprint density at radius 3 is 2.90 bits per heavy atom. The predicted molar refractivity (Wildman–Crippen MR) is 72.8 cm³/mol. The van der Waals surface area contributed by atoms with Gasteiger partial charge in [-0.25, -0.2) is 9.78 Å². The summed E-state index contributed by atoms with van der Waals surface area (Å²) >= 11 is 0. The average Bonchev–Trinajstić information content (AvgIpc) is 3.12. The summed E-state index contributed by atoms with van der Waals surface area (Å²) < 4.78 is 3.71. The summed E-state index contributed by atoms with van der Waals surface area (Å²) in [6, 6.07) is 2.47. The molecular formula is C14H18N4O2. The van der Waals surface area contributed by atoms with Gasteiger partial charge in [-0.1, -0.05) is 12.8 Å². The summed E-state index contributed by atoms with van der Waals surface area (Å²) in [6.45, 7) is 2.26. The van der Waals surface area contributed by atoms with Crippen molar-refractivity contribution in [1.29, 1.82) is 0 Å². The molecule has 2 heterocycles. The molecule has 1 fully saturated rings. The molecule has 2 aromatic rings. The van der Waals surface area contributed by atoms with Crippen molar-refractivity contribution in [2.24, 2.45) is 0 Å². The van der Waals surface area contributed by atoms with Crippen LogP contribution in [0.25, 0.3) is 0 Å². The molecule has 6 nitrogen and oxygen atoms in total. The van der Waals surface area contributed by atoms with Crippen molar-refractivity contribution in [2.45, 2.75) is 45.2 Å². The minimum absolute atomic E-state index is 0.206. The highest BCUT2D eigenvalue weighted by Crippen LogP contribution is 2.28. The molecule has 6 heteroatoms. The summed E-state index contributed by atoms with van der Waals surface area (Å²) in [4.78, 5) is 15.2. The van der Waals surface area contributed by atoms with E-state index in [0.717, 1.165) is 5.69 Å². The zero-order valence-electron chi connectivity index (χ0n) is 11.5. The number of aromatic carboxylic acids is 1. The number of nitrogens with zero attached hydrogens (tertiary/aromatic N) is 4. The van der Waals surface area contributed by atoms with E-state index >= 15 is 0 Å². The first-order chi connectivity index (χ1) is 9.65. The number of hydrogen-bond donors (Lipinski definition) is 1. The maximum absolute atomic E-state index is 11.2. The molecule has 0 unspecified atom stereocenters. The first kappa shape index (κ1) is 12.9. The van der Waals surface area contributed by atoms with Gasteiger partial charge in [0.2, 0.25) is 0 Å². The van der Waals surface area contributed by atoms with E-state index in [0.29, 0.717) is 18.4 Å². The van der Waals surface area contributed by atoms with Gasteiger partial charge in [0.05, 0.1) is 24.5 Å². The van der Waals surface area contributed by atoms with Crippen molar-refractivity contribution in [3.05, 3.63) is 35.7 Å². The van der Waals surface area contributed by atoms with Crippen LogP contribution in [0.1, 0.15) is 53.7 Å². The smallest absolute Gasteiger partial charge is 0.354 e. The molecule has 20 heavy (non-hydrogen) atoms. The van der Waals surface area contributed by atoms with Gasteiger partial charge in [-0.15, -0.1) is 0 Å². The van der Waals surface area contributed by atoms with E-state index in [1.54, 1.807) is 11.5 Å². The van der Waals surface area contributed by atoms with Crippen molar-refractivity contribution < 1.29 is 9.90 Å². The van der Waals surface area contributed by atoms with E-state index < -0.39 is 5.97 Å². The zero-order chi connectivity index (χ0) is 14.1. The third kappa shape index (κ3) is 2.33. The molecule has 0 aliphatic heterocycles. The second kappa shape index (κ2) is 5.11. The third-order valence-corrected chi connectivity index (χ3v) is 3.96. The van der Waals surface area contributed by atoms with Gasteiger partial charge in [-0.2, -0.15) is 5.10 Å². The lowest BCUT2D eigenvalue weighted by Crippen LogP contribution is -2.12. The number of aromatic nitrogens is 4. The SMILES string of the molecule is Cc1ncc(C(=O)O)n1Cc1ccn(C2CCCC2)n1. The van der Waals surface area contributed by atoms with Crippen LogP contribution in [0.2, 0.25) is 0 Å². The number of hydrogen-bond acceptors (Lipinski definition) is 3. The molecule has 106 valence electrons. The molecule has 2 aromatic heterocycles. The Balaban J connectivity index is 1.81. The van der Waals surface area contributed by atoms with E-state index in [9.17, 15) is 4.79 Å². The van der Waals surface area contributed by atoms with Crippen molar-refractivity contribution in [2.75, 3.05) is 0 Å². The predicted octanol–water partition coefficient (Wildman–Crippen LogP) is 2.25. The second-order valence-corrected chi connectivity index (χ2v) is 5.31. The molecule has 0 amide bonds. The van der Waals surface area contributed by atoms with Crippen LogP contribution in [0.4, 0.5) is 0 Å². The third-order valence-electron chi connectivity index (χ3n) is 3.96. The standard InChI is InChI=1S/C14H18N4O2/c1-10-15-8-13(14(19)20)17(10)9-11-6-7-18(16-11)12-4-2-3-5-12/h6-8,12H,2-5,9H2,1H3,(H,19,20). The van der Waals surface area contributed by atoms with Crippen molar-refractivity contribution in [3.8, 4) is 0 Å². The van der Waals surface area contributed by atoms with E-state index in [4.69, 9.17) is 5.11 Å². The lowest BCUT2D eigenvalue weighted by Gasteiger charge is -2.09. The van der Waals surface area contributed by atoms with Gasteiger partial charge in [-0.3, -0.25) is 4.68 Å². The van der Waals surface area contributed by atoms with E-state index in [2.05, 4.69) is 10.1 Å². The van der Waals surface area contributed by atoms with Gasteiger partial charge in [0.25, 0.3) is 0 Å². The zero-order valence-corrected chi connectivity index (χ0v) is 11.5. The molecule has 0 atom stereocenters. The molecule has 0 saturated heterocycles. The Morgan fingerprint density at radius 1 is 1.45 bits per heavy atom. The van der Waals surface area contributed by atoms with Crippen molar-refractivity contribution >= 4 is 5.97 Å². The highest BCUT2D eigenvalue weighted by molar-refractivity contribution is 5.85. The summed E-state index contributed by atoms with van der Waals surface area (Å²) in [5.74, 6) is -0.265.